The van der Waals surface area contributed by atoms with E-state index in [0.717, 1.165) is 0 Å². The Morgan fingerprint density at radius 1 is 1.38 bits per heavy atom. The summed E-state index contributed by atoms with van der Waals surface area (Å²) in [6.45, 7) is 0.949. The summed E-state index contributed by atoms with van der Waals surface area (Å²) in [4.78, 5) is 22.5. The van der Waals surface area contributed by atoms with Gasteiger partial charge in [0.25, 0.3) is 0 Å². The highest BCUT2D eigenvalue weighted by Gasteiger charge is 2.09. The number of halogens is 1. The van der Waals surface area contributed by atoms with Crippen molar-refractivity contribution < 1.29 is 14.7 Å². The lowest BCUT2D eigenvalue weighted by Crippen LogP contribution is -2.31. The van der Waals surface area contributed by atoms with E-state index in [2.05, 4.69) is 15.7 Å². The molecular weight excluding hydrogens is 296 g/mol. The van der Waals surface area contributed by atoms with Gasteiger partial charge in [0.2, 0.25) is 0 Å². The van der Waals surface area contributed by atoms with Crippen LogP contribution in [0.25, 0.3) is 0 Å². The number of urea groups is 1. The molecule has 0 atom stereocenters. The van der Waals surface area contributed by atoms with Crippen LogP contribution in [0.4, 0.5) is 10.5 Å². The van der Waals surface area contributed by atoms with Crippen molar-refractivity contribution in [3.63, 3.8) is 0 Å². The van der Waals surface area contributed by atoms with Gasteiger partial charge in [0.1, 0.15) is 0 Å². The molecule has 2 amide bonds. The first-order valence-electron chi connectivity index (χ1n) is 6.11. The fraction of sp³-hybridized carbons (Fsp3) is 0.154. The van der Waals surface area contributed by atoms with Gasteiger partial charge in [-0.15, -0.1) is 0 Å². The quantitative estimate of drug-likeness (QED) is 0.787. The Morgan fingerprint density at radius 2 is 2.19 bits per heavy atom. The van der Waals surface area contributed by atoms with Crippen molar-refractivity contribution in [1.82, 2.24) is 15.1 Å². The summed E-state index contributed by atoms with van der Waals surface area (Å²) in [6.07, 6.45) is 3.45. The van der Waals surface area contributed by atoms with Crippen LogP contribution in [0.5, 0.6) is 0 Å². The minimum absolute atomic E-state index is 0.0599. The minimum Gasteiger partial charge on any atom is -0.478 e. The Morgan fingerprint density at radius 3 is 2.81 bits per heavy atom. The lowest BCUT2D eigenvalue weighted by atomic mass is 10.2. The van der Waals surface area contributed by atoms with E-state index in [4.69, 9.17) is 16.7 Å². The number of nitrogens with zero attached hydrogens (tertiary/aromatic N) is 2. The van der Waals surface area contributed by atoms with Crippen molar-refractivity contribution in [3.8, 4) is 0 Å². The van der Waals surface area contributed by atoms with E-state index in [0.29, 0.717) is 18.8 Å². The standard InChI is InChI=1S/C13H13ClN4O3/c14-10-8-9(12(19)20)2-3-11(10)17-13(21)15-5-7-18-6-1-4-16-18/h1-4,6,8H,5,7H2,(H,19,20)(H2,15,17,21). The first-order chi connectivity index (χ1) is 10.1. The van der Waals surface area contributed by atoms with Gasteiger partial charge in [0.05, 0.1) is 22.8 Å². The van der Waals surface area contributed by atoms with Crippen molar-refractivity contribution in [2.75, 3.05) is 11.9 Å². The summed E-state index contributed by atoms with van der Waals surface area (Å²) in [5, 5.41) is 18.2. The van der Waals surface area contributed by atoms with Crippen LogP contribution in [0.3, 0.4) is 0 Å². The van der Waals surface area contributed by atoms with Crippen LogP contribution in [0.15, 0.2) is 36.7 Å². The lowest BCUT2D eigenvalue weighted by Gasteiger charge is -2.09. The molecular formula is C13H13ClN4O3. The number of nitrogens with one attached hydrogen (secondary N) is 2. The highest BCUT2D eigenvalue weighted by atomic mass is 35.5. The van der Waals surface area contributed by atoms with Crippen LogP contribution in [0.1, 0.15) is 10.4 Å². The molecule has 8 heteroatoms. The highest BCUT2D eigenvalue weighted by Crippen LogP contribution is 2.22. The van der Waals surface area contributed by atoms with Gasteiger partial charge in [0, 0.05) is 18.9 Å². The van der Waals surface area contributed by atoms with Gasteiger partial charge in [-0.05, 0) is 24.3 Å². The second-order valence-electron chi connectivity index (χ2n) is 4.15. The molecule has 0 saturated heterocycles. The van der Waals surface area contributed by atoms with E-state index in [1.807, 2.05) is 0 Å². The normalized spacial score (nSPS) is 10.1. The molecule has 0 aliphatic carbocycles. The van der Waals surface area contributed by atoms with Gasteiger partial charge in [-0.25, -0.2) is 9.59 Å². The SMILES string of the molecule is O=C(NCCn1cccn1)Nc1ccc(C(=O)O)cc1Cl. The Kier molecular flexibility index (Phi) is 4.78. The molecule has 0 aliphatic heterocycles. The van der Waals surface area contributed by atoms with Crippen LogP contribution in [0, 0.1) is 0 Å². The van der Waals surface area contributed by atoms with Crippen molar-refractivity contribution in [3.05, 3.63) is 47.2 Å². The molecule has 2 rings (SSSR count). The molecule has 0 saturated carbocycles. The summed E-state index contributed by atoms with van der Waals surface area (Å²) < 4.78 is 1.69. The number of rotatable bonds is 5. The number of aromatic carboxylic acids is 1. The molecule has 0 bridgehead atoms. The molecule has 2 aromatic rings. The van der Waals surface area contributed by atoms with Crippen LogP contribution in [-0.2, 0) is 6.54 Å². The monoisotopic (exact) mass is 308 g/mol. The minimum atomic E-state index is -1.08. The van der Waals surface area contributed by atoms with Crippen molar-refractivity contribution >= 4 is 29.3 Å². The largest absolute Gasteiger partial charge is 0.478 e. The molecule has 1 aromatic carbocycles. The number of carboxylic acid groups (broad SMARTS) is 1. The Bertz CT molecular complexity index is 643. The number of anilines is 1. The van der Waals surface area contributed by atoms with Gasteiger partial charge in [0.15, 0.2) is 0 Å². The maximum absolute atomic E-state index is 11.7. The molecule has 0 spiro atoms. The Balaban J connectivity index is 1.86. The number of hydrogen-bond donors (Lipinski definition) is 3. The number of amides is 2. The van der Waals surface area contributed by atoms with Crippen molar-refractivity contribution in [1.29, 1.82) is 0 Å². The van der Waals surface area contributed by atoms with Gasteiger partial charge in [-0.1, -0.05) is 11.6 Å². The van der Waals surface area contributed by atoms with Crippen LogP contribution >= 0.6 is 11.6 Å². The third kappa shape index (κ3) is 4.22. The zero-order valence-corrected chi connectivity index (χ0v) is 11.7. The average Bonchev–Trinajstić information content (AvgIpc) is 2.94. The number of aromatic nitrogens is 2. The highest BCUT2D eigenvalue weighted by molar-refractivity contribution is 6.34. The van der Waals surface area contributed by atoms with Gasteiger partial charge in [-0.3, -0.25) is 4.68 Å². The van der Waals surface area contributed by atoms with E-state index in [1.54, 1.807) is 23.1 Å². The van der Waals surface area contributed by atoms with Crippen LogP contribution < -0.4 is 10.6 Å². The number of carbonyl (C=O) groups is 2. The lowest BCUT2D eigenvalue weighted by molar-refractivity contribution is 0.0697. The first kappa shape index (κ1) is 14.9. The second-order valence-corrected chi connectivity index (χ2v) is 4.56. The predicted octanol–water partition coefficient (Wildman–Crippen LogP) is 2.06. The molecule has 110 valence electrons. The maximum atomic E-state index is 11.7. The zero-order chi connectivity index (χ0) is 15.2. The molecule has 0 unspecified atom stereocenters. The number of carbonyl (C=O) groups excluding carboxylic acids is 1. The summed E-state index contributed by atoms with van der Waals surface area (Å²) in [6, 6.07) is 5.46. The number of carboxylic acids is 1. The van der Waals surface area contributed by atoms with E-state index in [9.17, 15) is 9.59 Å². The van der Waals surface area contributed by atoms with E-state index in [-0.39, 0.29) is 10.6 Å². The van der Waals surface area contributed by atoms with Crippen LogP contribution in [-0.4, -0.2) is 33.4 Å². The topological polar surface area (TPSA) is 96.3 Å². The van der Waals surface area contributed by atoms with Crippen LogP contribution in [0.2, 0.25) is 5.02 Å². The molecule has 1 heterocycles. The second kappa shape index (κ2) is 6.76. The summed E-state index contributed by atoms with van der Waals surface area (Å²) >= 11 is 5.91. The first-order valence-corrected chi connectivity index (χ1v) is 6.49. The molecule has 21 heavy (non-hydrogen) atoms. The predicted molar refractivity (Wildman–Crippen MR) is 77.7 cm³/mol. The average molecular weight is 309 g/mol. The molecule has 0 fully saturated rings. The molecule has 0 radical (unpaired) electrons. The van der Waals surface area contributed by atoms with Gasteiger partial charge in [-0.2, -0.15) is 5.10 Å². The van der Waals surface area contributed by atoms with Crippen molar-refractivity contribution in [2.24, 2.45) is 0 Å². The Hall–Kier alpha value is -2.54. The fourth-order valence-corrected chi connectivity index (χ4v) is 1.86. The van der Waals surface area contributed by atoms with E-state index < -0.39 is 12.0 Å². The fourth-order valence-electron chi connectivity index (χ4n) is 1.63. The third-order valence-electron chi connectivity index (χ3n) is 2.65. The van der Waals surface area contributed by atoms with E-state index >= 15 is 0 Å². The number of hydrogen-bond acceptors (Lipinski definition) is 3. The van der Waals surface area contributed by atoms with E-state index in [1.165, 1.54) is 18.2 Å². The van der Waals surface area contributed by atoms with Gasteiger partial charge >= 0.3 is 12.0 Å². The number of benzene rings is 1. The smallest absolute Gasteiger partial charge is 0.335 e. The zero-order valence-electron chi connectivity index (χ0n) is 10.9. The maximum Gasteiger partial charge on any atom is 0.335 e. The molecule has 3 N–H and O–H groups in total. The van der Waals surface area contributed by atoms with Gasteiger partial charge < -0.3 is 15.7 Å². The summed E-state index contributed by atoms with van der Waals surface area (Å²) in [5.74, 6) is -1.08. The third-order valence-corrected chi connectivity index (χ3v) is 2.96. The summed E-state index contributed by atoms with van der Waals surface area (Å²) in [7, 11) is 0. The summed E-state index contributed by atoms with van der Waals surface area (Å²) in [5.41, 5.74) is 0.405. The molecule has 1 aromatic heterocycles. The Labute approximate surface area is 125 Å². The molecule has 7 nitrogen and oxygen atoms in total. The van der Waals surface area contributed by atoms with Crippen molar-refractivity contribution in [2.45, 2.75) is 6.54 Å². The molecule has 0 aliphatic rings.